The molecule has 0 amide bonds. The molecule has 0 N–H and O–H groups in total. The van der Waals surface area contributed by atoms with Gasteiger partial charge in [-0.2, -0.15) is 0 Å². The van der Waals surface area contributed by atoms with Crippen LogP contribution < -0.4 is 4.74 Å². The predicted octanol–water partition coefficient (Wildman–Crippen LogP) is 3.68. The molecule has 2 aromatic carbocycles. The molecule has 0 atom stereocenters. The number of carbonyl (C=O) groups excluding carboxylic acids is 1. The van der Waals surface area contributed by atoms with Crippen LogP contribution in [0.3, 0.4) is 0 Å². The summed E-state index contributed by atoms with van der Waals surface area (Å²) in [7, 11) is 0. The lowest BCUT2D eigenvalue weighted by molar-refractivity contribution is 0.112. The molecule has 0 saturated heterocycles. The Kier molecular flexibility index (Phi) is 4.14. The van der Waals surface area contributed by atoms with Crippen LogP contribution in [0.2, 0.25) is 0 Å². The van der Waals surface area contributed by atoms with Gasteiger partial charge in [0.1, 0.15) is 18.6 Å². The Morgan fingerprint density at radius 3 is 2.71 bits per heavy atom. The molecule has 0 aliphatic carbocycles. The number of hydrogen-bond acceptors (Lipinski definition) is 2. The van der Waals surface area contributed by atoms with Crippen LogP contribution in [0.1, 0.15) is 15.9 Å². The van der Waals surface area contributed by atoms with E-state index in [1.807, 2.05) is 30.3 Å². The highest BCUT2D eigenvalue weighted by Crippen LogP contribution is 2.15. The molecule has 0 aromatic heterocycles. The Balaban J connectivity index is 2.04. The molecule has 86 valence electrons. The summed E-state index contributed by atoms with van der Waals surface area (Å²) >= 11 is 2.27. The summed E-state index contributed by atoms with van der Waals surface area (Å²) < 4.78 is 6.81. The normalized spacial score (nSPS) is 9.94. The molecule has 0 spiro atoms. The number of aldehydes is 1. The molecule has 2 nitrogen and oxygen atoms in total. The largest absolute Gasteiger partial charge is 0.489 e. The molecule has 0 fully saturated rings. The van der Waals surface area contributed by atoms with Crippen molar-refractivity contribution in [3.63, 3.8) is 0 Å². The van der Waals surface area contributed by atoms with Gasteiger partial charge in [0.05, 0.1) is 0 Å². The fraction of sp³-hybridized carbons (Fsp3) is 0.0714. The van der Waals surface area contributed by atoms with E-state index < -0.39 is 0 Å². The molecule has 0 heterocycles. The van der Waals surface area contributed by atoms with E-state index in [1.54, 1.807) is 12.1 Å². The summed E-state index contributed by atoms with van der Waals surface area (Å²) in [5.74, 6) is 0.716. The van der Waals surface area contributed by atoms with Crippen LogP contribution in [0, 0.1) is 3.57 Å². The Bertz CT molecular complexity index is 523. The van der Waals surface area contributed by atoms with Gasteiger partial charge in [0.25, 0.3) is 0 Å². The second kappa shape index (κ2) is 5.82. The zero-order valence-corrected chi connectivity index (χ0v) is 11.3. The van der Waals surface area contributed by atoms with Crippen LogP contribution in [0.5, 0.6) is 5.75 Å². The van der Waals surface area contributed by atoms with E-state index in [0.29, 0.717) is 17.9 Å². The highest BCUT2D eigenvalue weighted by molar-refractivity contribution is 14.1. The van der Waals surface area contributed by atoms with Crippen LogP contribution in [-0.2, 0) is 6.61 Å². The van der Waals surface area contributed by atoms with Crippen LogP contribution >= 0.6 is 22.6 Å². The number of hydrogen-bond donors (Lipinski definition) is 0. The maximum absolute atomic E-state index is 10.6. The molecule has 2 rings (SSSR count). The zero-order valence-electron chi connectivity index (χ0n) is 9.10. The fourth-order valence-corrected chi connectivity index (χ4v) is 2.08. The van der Waals surface area contributed by atoms with Crippen molar-refractivity contribution in [3.8, 4) is 5.75 Å². The maximum Gasteiger partial charge on any atom is 0.150 e. The van der Waals surface area contributed by atoms with Crippen molar-refractivity contribution in [1.29, 1.82) is 0 Å². The van der Waals surface area contributed by atoms with Crippen molar-refractivity contribution >= 4 is 28.9 Å². The third-order valence-electron chi connectivity index (χ3n) is 2.29. The molecule has 0 unspecified atom stereocenters. The quantitative estimate of drug-likeness (QED) is 0.628. The van der Waals surface area contributed by atoms with E-state index in [1.165, 1.54) is 3.57 Å². The van der Waals surface area contributed by atoms with Crippen LogP contribution in [-0.4, -0.2) is 6.29 Å². The minimum absolute atomic E-state index is 0.513. The van der Waals surface area contributed by atoms with E-state index in [-0.39, 0.29) is 0 Å². The number of benzene rings is 2. The lowest BCUT2D eigenvalue weighted by Crippen LogP contribution is -1.96. The maximum atomic E-state index is 10.6. The molecule has 0 bridgehead atoms. The second-order valence-corrected chi connectivity index (χ2v) is 4.85. The second-order valence-electron chi connectivity index (χ2n) is 3.61. The van der Waals surface area contributed by atoms with E-state index in [2.05, 4.69) is 28.7 Å². The molecule has 0 aliphatic rings. The number of carbonyl (C=O) groups is 1. The van der Waals surface area contributed by atoms with E-state index in [4.69, 9.17) is 4.74 Å². The van der Waals surface area contributed by atoms with Crippen molar-refractivity contribution in [1.82, 2.24) is 0 Å². The van der Waals surface area contributed by atoms with Crippen molar-refractivity contribution in [3.05, 3.63) is 63.2 Å². The van der Waals surface area contributed by atoms with Crippen molar-refractivity contribution < 1.29 is 9.53 Å². The first-order valence-electron chi connectivity index (χ1n) is 5.20. The minimum Gasteiger partial charge on any atom is -0.489 e. The monoisotopic (exact) mass is 338 g/mol. The molecular formula is C14H11IO2. The zero-order chi connectivity index (χ0) is 12.1. The van der Waals surface area contributed by atoms with E-state index in [0.717, 1.165) is 11.8 Å². The van der Waals surface area contributed by atoms with Gasteiger partial charge in [-0.3, -0.25) is 4.79 Å². The molecule has 0 radical (unpaired) electrons. The summed E-state index contributed by atoms with van der Waals surface area (Å²) in [6.07, 6.45) is 0.818. The topological polar surface area (TPSA) is 26.3 Å². The van der Waals surface area contributed by atoms with Crippen LogP contribution in [0.4, 0.5) is 0 Å². The summed E-state index contributed by atoms with van der Waals surface area (Å²) in [6, 6.07) is 15.3. The Morgan fingerprint density at radius 1 is 1.12 bits per heavy atom. The Hall–Kier alpha value is -1.36. The molecule has 2 aromatic rings. The first kappa shape index (κ1) is 12.1. The SMILES string of the molecule is O=Cc1cccc(OCc2cccc(I)c2)c1. The molecule has 17 heavy (non-hydrogen) atoms. The lowest BCUT2D eigenvalue weighted by atomic mass is 10.2. The molecule has 0 aliphatic heterocycles. The summed E-state index contributed by atoms with van der Waals surface area (Å²) in [6.45, 7) is 0.513. The van der Waals surface area contributed by atoms with Gasteiger partial charge >= 0.3 is 0 Å². The standard InChI is InChI=1S/C14H11IO2/c15-13-5-1-4-12(7-13)10-17-14-6-2-3-11(8-14)9-16/h1-9H,10H2. The van der Waals surface area contributed by atoms with Gasteiger partial charge in [0, 0.05) is 9.13 Å². The highest BCUT2D eigenvalue weighted by Gasteiger charge is 1.98. The molecular weight excluding hydrogens is 327 g/mol. The fourth-order valence-electron chi connectivity index (χ4n) is 1.47. The Labute approximate surface area is 114 Å². The van der Waals surface area contributed by atoms with Crippen molar-refractivity contribution in [2.24, 2.45) is 0 Å². The molecule has 0 saturated carbocycles. The van der Waals surface area contributed by atoms with Gasteiger partial charge < -0.3 is 4.74 Å². The van der Waals surface area contributed by atoms with E-state index in [9.17, 15) is 4.79 Å². The first-order chi connectivity index (χ1) is 8.28. The first-order valence-corrected chi connectivity index (χ1v) is 6.28. The number of rotatable bonds is 4. The average Bonchev–Trinajstić information content (AvgIpc) is 2.37. The van der Waals surface area contributed by atoms with Crippen molar-refractivity contribution in [2.75, 3.05) is 0 Å². The van der Waals surface area contributed by atoms with Crippen LogP contribution in [0.15, 0.2) is 48.5 Å². The number of ether oxygens (including phenoxy) is 1. The lowest BCUT2D eigenvalue weighted by Gasteiger charge is -2.06. The van der Waals surface area contributed by atoms with Gasteiger partial charge in [-0.15, -0.1) is 0 Å². The summed E-state index contributed by atoms with van der Waals surface area (Å²) in [4.78, 5) is 10.6. The van der Waals surface area contributed by atoms with Crippen LogP contribution in [0.25, 0.3) is 0 Å². The average molecular weight is 338 g/mol. The third-order valence-corrected chi connectivity index (χ3v) is 2.96. The summed E-state index contributed by atoms with van der Waals surface area (Å²) in [5.41, 5.74) is 1.75. The van der Waals surface area contributed by atoms with Gasteiger partial charge in [0.2, 0.25) is 0 Å². The number of halogens is 1. The smallest absolute Gasteiger partial charge is 0.150 e. The summed E-state index contributed by atoms with van der Waals surface area (Å²) in [5, 5.41) is 0. The predicted molar refractivity (Wildman–Crippen MR) is 75.3 cm³/mol. The van der Waals surface area contributed by atoms with Crippen molar-refractivity contribution in [2.45, 2.75) is 6.61 Å². The Morgan fingerprint density at radius 2 is 1.94 bits per heavy atom. The molecule has 3 heteroatoms. The minimum atomic E-state index is 0.513. The van der Waals surface area contributed by atoms with E-state index >= 15 is 0 Å². The van der Waals surface area contributed by atoms with Gasteiger partial charge in [-0.25, -0.2) is 0 Å². The van der Waals surface area contributed by atoms with Gasteiger partial charge in [-0.05, 0) is 52.4 Å². The van der Waals surface area contributed by atoms with Gasteiger partial charge in [0.15, 0.2) is 0 Å². The third kappa shape index (κ3) is 3.56. The van der Waals surface area contributed by atoms with Gasteiger partial charge in [-0.1, -0.05) is 24.3 Å². The highest BCUT2D eigenvalue weighted by atomic mass is 127.